The molecule has 3 rings (SSSR count). The monoisotopic (exact) mass is 292 g/mol. The van der Waals surface area contributed by atoms with Gasteiger partial charge in [0.25, 0.3) is 0 Å². The number of piperidine rings is 1. The number of rotatable bonds is 3. The number of thiazole rings is 1. The molecule has 1 unspecified atom stereocenters. The summed E-state index contributed by atoms with van der Waals surface area (Å²) in [6, 6.07) is 0. The van der Waals surface area contributed by atoms with E-state index in [1.165, 1.54) is 62.3 Å². The second-order valence-corrected chi connectivity index (χ2v) is 8.34. The minimum absolute atomic E-state index is 0.483. The molecule has 0 amide bonds. The zero-order valence-corrected chi connectivity index (χ0v) is 14.0. The lowest BCUT2D eigenvalue weighted by molar-refractivity contribution is 0.183. The maximum absolute atomic E-state index is 5.01. The molecule has 1 aromatic heterocycles. The van der Waals surface area contributed by atoms with Crippen molar-refractivity contribution in [3.05, 3.63) is 15.6 Å². The second kappa shape index (κ2) is 5.76. The van der Waals surface area contributed by atoms with Crippen LogP contribution >= 0.6 is 11.3 Å². The van der Waals surface area contributed by atoms with Crippen LogP contribution in [-0.4, -0.2) is 18.1 Å². The van der Waals surface area contributed by atoms with Crippen LogP contribution in [0, 0.1) is 11.3 Å². The highest BCUT2D eigenvalue weighted by Crippen LogP contribution is 2.42. The van der Waals surface area contributed by atoms with Crippen LogP contribution in [-0.2, 0) is 12.8 Å². The van der Waals surface area contributed by atoms with Crippen molar-refractivity contribution in [1.82, 2.24) is 10.3 Å². The first-order valence-electron chi connectivity index (χ1n) is 8.29. The molecule has 0 aromatic carbocycles. The summed E-state index contributed by atoms with van der Waals surface area (Å²) in [7, 11) is 0. The molecule has 0 radical (unpaired) electrons. The van der Waals surface area contributed by atoms with Crippen LogP contribution in [0.1, 0.15) is 68.0 Å². The molecule has 0 bridgehead atoms. The topological polar surface area (TPSA) is 24.9 Å². The Morgan fingerprint density at radius 3 is 2.70 bits per heavy atom. The van der Waals surface area contributed by atoms with E-state index >= 15 is 0 Å². The van der Waals surface area contributed by atoms with E-state index < -0.39 is 0 Å². The van der Waals surface area contributed by atoms with Gasteiger partial charge in [-0.2, -0.15) is 0 Å². The average Bonchev–Trinajstić information content (AvgIpc) is 2.91. The van der Waals surface area contributed by atoms with Gasteiger partial charge in [0.1, 0.15) is 0 Å². The van der Waals surface area contributed by atoms with Crippen molar-refractivity contribution in [2.75, 3.05) is 13.1 Å². The number of aryl methyl sites for hydroxylation is 1. The average molecular weight is 292 g/mol. The van der Waals surface area contributed by atoms with Gasteiger partial charge in [0.15, 0.2) is 0 Å². The molecule has 1 N–H and O–H groups in total. The Bertz CT molecular complexity index is 458. The molecule has 1 aliphatic carbocycles. The third kappa shape index (κ3) is 2.80. The van der Waals surface area contributed by atoms with Gasteiger partial charge in [-0.15, -0.1) is 11.3 Å². The molecule has 1 fully saturated rings. The van der Waals surface area contributed by atoms with Crippen LogP contribution in [0.2, 0.25) is 0 Å². The van der Waals surface area contributed by atoms with Gasteiger partial charge in [-0.05, 0) is 56.5 Å². The first-order chi connectivity index (χ1) is 9.60. The zero-order valence-electron chi connectivity index (χ0n) is 13.2. The van der Waals surface area contributed by atoms with Gasteiger partial charge in [0.05, 0.1) is 10.7 Å². The molecular formula is C17H28N2S. The molecule has 20 heavy (non-hydrogen) atoms. The Balaban J connectivity index is 1.75. The molecule has 1 aromatic rings. The number of nitrogens with zero attached hydrogens (tertiary/aromatic N) is 1. The number of hydrogen-bond donors (Lipinski definition) is 1. The number of hydrogen-bond acceptors (Lipinski definition) is 3. The van der Waals surface area contributed by atoms with Crippen LogP contribution in [0.15, 0.2) is 0 Å². The van der Waals surface area contributed by atoms with Crippen molar-refractivity contribution in [2.45, 2.75) is 65.2 Å². The molecular weight excluding hydrogens is 264 g/mol. The first-order valence-corrected chi connectivity index (χ1v) is 9.11. The zero-order chi connectivity index (χ0) is 14.2. The normalized spacial score (nSPS) is 24.6. The summed E-state index contributed by atoms with van der Waals surface area (Å²) in [5.41, 5.74) is 1.92. The lowest BCUT2D eigenvalue weighted by atomic mass is 9.70. The largest absolute Gasteiger partial charge is 0.317 e. The second-order valence-electron chi connectivity index (χ2n) is 7.23. The molecule has 0 saturated carbocycles. The van der Waals surface area contributed by atoms with E-state index in [0.29, 0.717) is 5.41 Å². The third-order valence-corrected chi connectivity index (χ3v) is 6.94. The molecule has 2 aliphatic rings. The van der Waals surface area contributed by atoms with Gasteiger partial charge in [0.2, 0.25) is 0 Å². The highest BCUT2D eigenvalue weighted by molar-refractivity contribution is 7.11. The first kappa shape index (κ1) is 14.5. The maximum atomic E-state index is 5.01. The van der Waals surface area contributed by atoms with E-state index in [-0.39, 0.29) is 0 Å². The molecule has 112 valence electrons. The van der Waals surface area contributed by atoms with Crippen molar-refractivity contribution >= 4 is 11.3 Å². The standard InChI is InChI=1S/C17H28N2S/c1-4-17(2,3)13-5-6-14-15(11-13)20-16(19-14)12-7-9-18-10-8-12/h12-13,18H,4-11H2,1-3H3. The third-order valence-electron chi connectivity index (χ3n) is 5.66. The fraction of sp³-hybridized carbons (Fsp3) is 0.824. The van der Waals surface area contributed by atoms with Crippen LogP contribution in [0.3, 0.4) is 0 Å². The van der Waals surface area contributed by atoms with Gasteiger partial charge in [-0.1, -0.05) is 27.2 Å². The SMILES string of the molecule is CCC(C)(C)C1CCc2nc(C3CCNCC3)sc2C1. The van der Waals surface area contributed by atoms with Crippen LogP contribution < -0.4 is 5.32 Å². The van der Waals surface area contributed by atoms with Crippen molar-refractivity contribution in [2.24, 2.45) is 11.3 Å². The van der Waals surface area contributed by atoms with E-state index in [1.54, 1.807) is 4.88 Å². The minimum Gasteiger partial charge on any atom is -0.317 e. The summed E-state index contributed by atoms with van der Waals surface area (Å²) < 4.78 is 0. The number of aromatic nitrogens is 1. The van der Waals surface area contributed by atoms with Crippen molar-refractivity contribution < 1.29 is 0 Å². The van der Waals surface area contributed by atoms with E-state index in [9.17, 15) is 0 Å². The molecule has 1 saturated heterocycles. The molecule has 0 spiro atoms. The fourth-order valence-corrected chi connectivity index (χ4v) is 4.95. The Labute approximate surface area is 127 Å². The van der Waals surface area contributed by atoms with Crippen molar-refractivity contribution in [3.8, 4) is 0 Å². The van der Waals surface area contributed by atoms with Gasteiger partial charge in [-0.3, -0.25) is 0 Å². The molecule has 1 atom stereocenters. The highest BCUT2D eigenvalue weighted by atomic mass is 32.1. The Morgan fingerprint density at radius 1 is 1.25 bits per heavy atom. The van der Waals surface area contributed by atoms with Gasteiger partial charge < -0.3 is 5.32 Å². The minimum atomic E-state index is 0.483. The molecule has 3 heteroatoms. The van der Waals surface area contributed by atoms with Crippen LogP contribution in [0.5, 0.6) is 0 Å². The lowest BCUT2D eigenvalue weighted by Gasteiger charge is -2.35. The van der Waals surface area contributed by atoms with E-state index in [2.05, 4.69) is 26.1 Å². The highest BCUT2D eigenvalue weighted by Gasteiger charge is 2.33. The smallest absolute Gasteiger partial charge is 0.0962 e. The summed E-state index contributed by atoms with van der Waals surface area (Å²) in [4.78, 5) is 6.62. The summed E-state index contributed by atoms with van der Waals surface area (Å²) in [6.07, 6.45) is 7.66. The molecule has 1 aliphatic heterocycles. The summed E-state index contributed by atoms with van der Waals surface area (Å²) in [5.74, 6) is 1.57. The maximum Gasteiger partial charge on any atom is 0.0962 e. The van der Waals surface area contributed by atoms with Crippen LogP contribution in [0.4, 0.5) is 0 Å². The van der Waals surface area contributed by atoms with Crippen molar-refractivity contribution in [1.29, 1.82) is 0 Å². The lowest BCUT2D eigenvalue weighted by Crippen LogP contribution is -2.28. The Hall–Kier alpha value is -0.410. The number of fused-ring (bicyclic) bond motifs is 1. The van der Waals surface area contributed by atoms with E-state index in [1.807, 2.05) is 11.3 Å². The summed E-state index contributed by atoms with van der Waals surface area (Å²) >= 11 is 2.03. The summed E-state index contributed by atoms with van der Waals surface area (Å²) in [5, 5.41) is 4.89. The van der Waals surface area contributed by atoms with Gasteiger partial charge in [-0.25, -0.2) is 4.98 Å². The Morgan fingerprint density at radius 2 is 2.00 bits per heavy atom. The number of nitrogens with one attached hydrogen (secondary N) is 1. The van der Waals surface area contributed by atoms with Gasteiger partial charge >= 0.3 is 0 Å². The Kier molecular flexibility index (Phi) is 4.19. The fourth-order valence-electron chi connectivity index (χ4n) is 3.59. The predicted molar refractivity (Wildman–Crippen MR) is 86.5 cm³/mol. The van der Waals surface area contributed by atoms with Crippen molar-refractivity contribution in [3.63, 3.8) is 0 Å². The van der Waals surface area contributed by atoms with Gasteiger partial charge in [0, 0.05) is 10.8 Å². The van der Waals surface area contributed by atoms with Crippen LogP contribution in [0.25, 0.3) is 0 Å². The molecule has 2 nitrogen and oxygen atoms in total. The molecule has 2 heterocycles. The van der Waals surface area contributed by atoms with E-state index in [4.69, 9.17) is 4.98 Å². The van der Waals surface area contributed by atoms with E-state index in [0.717, 1.165) is 11.8 Å². The predicted octanol–water partition coefficient (Wildman–Crippen LogP) is 4.15. The summed E-state index contributed by atoms with van der Waals surface area (Å²) in [6.45, 7) is 9.55. The quantitative estimate of drug-likeness (QED) is 0.905.